The summed E-state index contributed by atoms with van der Waals surface area (Å²) in [4.78, 5) is 37.0. The number of hydrogen-bond donors (Lipinski definition) is 2. The molecular weight excluding hydrogens is 401 g/mol. The zero-order chi connectivity index (χ0) is 22.0. The van der Waals surface area contributed by atoms with Gasteiger partial charge in [-0.15, -0.1) is 0 Å². The van der Waals surface area contributed by atoms with E-state index >= 15 is 0 Å². The number of carbonyl (C=O) groups is 2. The van der Waals surface area contributed by atoms with E-state index in [0.717, 1.165) is 10.8 Å². The minimum absolute atomic E-state index is 0.110. The molecule has 1 aliphatic heterocycles. The van der Waals surface area contributed by atoms with E-state index in [4.69, 9.17) is 4.74 Å². The number of ether oxygens (including phenoxy) is 1. The summed E-state index contributed by atoms with van der Waals surface area (Å²) >= 11 is 0. The number of benzene rings is 2. The van der Waals surface area contributed by atoms with Crippen LogP contribution in [0.3, 0.4) is 0 Å². The van der Waals surface area contributed by atoms with Crippen LogP contribution in [0.15, 0.2) is 65.5 Å². The molecule has 0 saturated carbocycles. The minimum atomic E-state index is -0.619. The number of halogens is 1. The maximum atomic E-state index is 14.8. The summed E-state index contributed by atoms with van der Waals surface area (Å²) in [6.45, 7) is 1.75. The van der Waals surface area contributed by atoms with Crippen LogP contribution in [0.4, 0.5) is 26.2 Å². The van der Waals surface area contributed by atoms with Crippen molar-refractivity contribution in [3.8, 4) is 0 Å². The second-order valence-electron chi connectivity index (χ2n) is 7.23. The van der Waals surface area contributed by atoms with Gasteiger partial charge in [0.2, 0.25) is 11.3 Å². The lowest BCUT2D eigenvalue weighted by Gasteiger charge is -2.15. The molecular formula is C23H20FN3O4. The Labute approximate surface area is 177 Å². The Morgan fingerprint density at radius 2 is 1.81 bits per heavy atom. The van der Waals surface area contributed by atoms with Gasteiger partial charge >= 0.3 is 6.09 Å². The van der Waals surface area contributed by atoms with Gasteiger partial charge in [-0.25, -0.2) is 9.18 Å². The van der Waals surface area contributed by atoms with Gasteiger partial charge in [-0.1, -0.05) is 30.3 Å². The van der Waals surface area contributed by atoms with Crippen molar-refractivity contribution < 1.29 is 18.7 Å². The highest BCUT2D eigenvalue weighted by Gasteiger charge is 2.32. The Bertz CT molecular complexity index is 1230. The SMILES string of the molecule is CC(=O)NC[C@H]1CN(c2ccc(Nc3ccc4ccccc4cc3=O)c(F)c2)C(=O)O1. The quantitative estimate of drug-likeness (QED) is 0.658. The summed E-state index contributed by atoms with van der Waals surface area (Å²) in [5, 5.41) is 7.11. The van der Waals surface area contributed by atoms with Crippen LogP contribution in [-0.2, 0) is 9.53 Å². The van der Waals surface area contributed by atoms with Crippen molar-refractivity contribution in [1.82, 2.24) is 5.32 Å². The molecule has 8 heteroatoms. The number of nitrogens with one attached hydrogen (secondary N) is 2. The molecule has 3 aromatic rings. The summed E-state index contributed by atoms with van der Waals surface area (Å²) in [7, 11) is 0. The van der Waals surface area contributed by atoms with Crippen LogP contribution >= 0.6 is 0 Å². The van der Waals surface area contributed by atoms with Crippen LogP contribution in [0.1, 0.15) is 6.92 Å². The zero-order valence-electron chi connectivity index (χ0n) is 16.7. The lowest BCUT2D eigenvalue weighted by atomic mass is 10.2. The Balaban J connectivity index is 1.54. The molecule has 0 spiro atoms. The number of rotatable bonds is 5. The third-order valence-corrected chi connectivity index (χ3v) is 4.96. The van der Waals surface area contributed by atoms with E-state index < -0.39 is 18.0 Å². The van der Waals surface area contributed by atoms with Crippen LogP contribution < -0.4 is 21.0 Å². The predicted octanol–water partition coefficient (Wildman–Crippen LogP) is 3.54. The number of hydrogen-bond acceptors (Lipinski definition) is 5. The minimum Gasteiger partial charge on any atom is -0.442 e. The van der Waals surface area contributed by atoms with Crippen molar-refractivity contribution in [2.75, 3.05) is 23.3 Å². The number of fused-ring (bicyclic) bond motifs is 1. The van der Waals surface area contributed by atoms with Gasteiger partial charge in [-0.3, -0.25) is 14.5 Å². The normalized spacial score (nSPS) is 15.6. The monoisotopic (exact) mass is 421 g/mol. The lowest BCUT2D eigenvalue weighted by molar-refractivity contribution is -0.119. The van der Waals surface area contributed by atoms with Crippen molar-refractivity contribution >= 4 is 39.8 Å². The molecule has 0 aromatic heterocycles. The average molecular weight is 421 g/mol. The van der Waals surface area contributed by atoms with Crippen molar-refractivity contribution in [2.45, 2.75) is 13.0 Å². The molecule has 0 aliphatic carbocycles. The van der Waals surface area contributed by atoms with E-state index in [-0.39, 0.29) is 35.8 Å². The Kier molecular flexibility index (Phi) is 5.53. The smallest absolute Gasteiger partial charge is 0.414 e. The summed E-state index contributed by atoms with van der Waals surface area (Å²) < 4.78 is 20.0. The first-order chi connectivity index (χ1) is 14.9. The van der Waals surface area contributed by atoms with Gasteiger partial charge in [-0.2, -0.15) is 0 Å². The van der Waals surface area contributed by atoms with Gasteiger partial charge in [0.05, 0.1) is 30.2 Å². The maximum absolute atomic E-state index is 14.8. The predicted molar refractivity (Wildman–Crippen MR) is 116 cm³/mol. The highest BCUT2D eigenvalue weighted by molar-refractivity contribution is 5.90. The molecule has 1 aliphatic rings. The molecule has 7 nitrogen and oxygen atoms in total. The molecule has 1 heterocycles. The number of nitrogens with zero attached hydrogens (tertiary/aromatic N) is 1. The maximum Gasteiger partial charge on any atom is 0.414 e. The average Bonchev–Trinajstić information content (AvgIpc) is 3.03. The van der Waals surface area contributed by atoms with Crippen molar-refractivity contribution in [1.29, 1.82) is 0 Å². The van der Waals surface area contributed by atoms with E-state index in [2.05, 4.69) is 10.6 Å². The van der Waals surface area contributed by atoms with E-state index in [0.29, 0.717) is 5.69 Å². The number of anilines is 3. The summed E-state index contributed by atoms with van der Waals surface area (Å²) in [6, 6.07) is 16.6. The van der Waals surface area contributed by atoms with E-state index in [1.165, 1.54) is 30.0 Å². The molecule has 4 rings (SSSR count). The summed E-state index contributed by atoms with van der Waals surface area (Å²) in [6.07, 6.45) is -1.13. The molecule has 1 saturated heterocycles. The Hall–Kier alpha value is -3.94. The number of cyclic esters (lactones) is 1. The first-order valence-electron chi connectivity index (χ1n) is 9.73. The fraction of sp³-hybridized carbons (Fsp3) is 0.174. The zero-order valence-corrected chi connectivity index (χ0v) is 16.7. The van der Waals surface area contributed by atoms with E-state index in [1.807, 2.05) is 24.3 Å². The number of carbonyl (C=O) groups excluding carboxylic acids is 2. The molecule has 1 atom stereocenters. The van der Waals surface area contributed by atoms with Crippen LogP contribution in [0.25, 0.3) is 10.8 Å². The summed E-state index contributed by atoms with van der Waals surface area (Å²) in [5.41, 5.74) is 0.399. The fourth-order valence-corrected chi connectivity index (χ4v) is 3.39. The standard InChI is InChI=1S/C23H20FN3O4/c1-14(28)25-12-18-13-27(23(30)31-18)17-7-9-20(19(24)11-17)26-21-8-6-15-4-2-3-5-16(15)10-22(21)29/h2-11,18H,12-13H2,1H3,(H,25,28)(H,26,29)/t18-/m0/s1. The van der Waals surface area contributed by atoms with E-state index in [1.54, 1.807) is 18.2 Å². The third kappa shape index (κ3) is 4.48. The Morgan fingerprint density at radius 1 is 1.06 bits per heavy atom. The molecule has 1 fully saturated rings. The second kappa shape index (κ2) is 8.43. The van der Waals surface area contributed by atoms with Crippen molar-refractivity contribution in [2.24, 2.45) is 0 Å². The Morgan fingerprint density at radius 3 is 2.55 bits per heavy atom. The first kappa shape index (κ1) is 20.3. The topological polar surface area (TPSA) is 87.7 Å². The van der Waals surface area contributed by atoms with Crippen molar-refractivity contribution in [3.05, 3.63) is 76.7 Å². The fourth-order valence-electron chi connectivity index (χ4n) is 3.39. The van der Waals surface area contributed by atoms with Crippen LogP contribution in [0, 0.1) is 5.82 Å². The van der Waals surface area contributed by atoms with Crippen LogP contribution in [-0.4, -0.2) is 31.2 Å². The third-order valence-electron chi connectivity index (χ3n) is 4.96. The molecule has 0 radical (unpaired) electrons. The van der Waals surface area contributed by atoms with Gasteiger partial charge < -0.3 is 15.4 Å². The molecule has 2 amide bonds. The second-order valence-corrected chi connectivity index (χ2v) is 7.23. The van der Waals surface area contributed by atoms with E-state index in [9.17, 15) is 18.8 Å². The molecule has 0 unspecified atom stereocenters. The van der Waals surface area contributed by atoms with Gasteiger partial charge in [0, 0.05) is 6.92 Å². The first-order valence-corrected chi connectivity index (χ1v) is 9.73. The molecule has 158 valence electrons. The van der Waals surface area contributed by atoms with Gasteiger partial charge in [0.25, 0.3) is 0 Å². The van der Waals surface area contributed by atoms with Crippen molar-refractivity contribution in [3.63, 3.8) is 0 Å². The largest absolute Gasteiger partial charge is 0.442 e. The molecule has 0 bridgehead atoms. The van der Waals surface area contributed by atoms with Crippen LogP contribution in [0.5, 0.6) is 0 Å². The van der Waals surface area contributed by atoms with Gasteiger partial charge in [-0.05, 0) is 41.1 Å². The highest BCUT2D eigenvalue weighted by Crippen LogP contribution is 2.27. The molecule has 31 heavy (non-hydrogen) atoms. The summed E-state index contributed by atoms with van der Waals surface area (Å²) in [5.74, 6) is -0.845. The highest BCUT2D eigenvalue weighted by atomic mass is 19.1. The molecule has 3 aromatic carbocycles. The molecule has 2 N–H and O–H groups in total. The van der Waals surface area contributed by atoms with Crippen LogP contribution in [0.2, 0.25) is 0 Å². The number of amides is 2. The lowest BCUT2D eigenvalue weighted by Crippen LogP contribution is -2.33. The van der Waals surface area contributed by atoms with Gasteiger partial charge in [0.15, 0.2) is 0 Å². The van der Waals surface area contributed by atoms with Gasteiger partial charge in [0.1, 0.15) is 11.9 Å².